The molecule has 0 amide bonds. The highest BCUT2D eigenvalue weighted by atomic mass is 16.5. The van der Waals surface area contributed by atoms with E-state index < -0.39 is 0 Å². The summed E-state index contributed by atoms with van der Waals surface area (Å²) >= 11 is 0. The van der Waals surface area contributed by atoms with Crippen molar-refractivity contribution in [1.29, 1.82) is 0 Å². The molecule has 0 aliphatic carbocycles. The zero-order chi connectivity index (χ0) is 16.8. The molecule has 1 aromatic carbocycles. The minimum absolute atomic E-state index is 0.863. The van der Waals surface area contributed by atoms with Crippen molar-refractivity contribution in [2.24, 2.45) is 0 Å². The summed E-state index contributed by atoms with van der Waals surface area (Å²) in [6, 6.07) is 4.33. The maximum atomic E-state index is 5.67. The molecule has 0 radical (unpaired) electrons. The molecule has 2 heterocycles. The highest BCUT2D eigenvalue weighted by Gasteiger charge is 2.19. The van der Waals surface area contributed by atoms with E-state index in [4.69, 9.17) is 14.2 Å². The van der Waals surface area contributed by atoms with E-state index >= 15 is 0 Å². The van der Waals surface area contributed by atoms with Gasteiger partial charge in [0.2, 0.25) is 0 Å². The third-order valence-electron chi connectivity index (χ3n) is 5.05. The van der Waals surface area contributed by atoms with Crippen LogP contribution in [-0.4, -0.2) is 65.1 Å². The summed E-state index contributed by atoms with van der Waals surface area (Å²) < 4.78 is 16.8. The van der Waals surface area contributed by atoms with E-state index in [9.17, 15) is 0 Å². The second kappa shape index (κ2) is 8.58. The first-order valence-corrected chi connectivity index (χ1v) is 9.12. The van der Waals surface area contributed by atoms with Crippen molar-refractivity contribution in [3.63, 3.8) is 0 Å². The van der Waals surface area contributed by atoms with Crippen LogP contribution in [0.15, 0.2) is 12.1 Å². The van der Waals surface area contributed by atoms with Gasteiger partial charge in [-0.2, -0.15) is 0 Å². The summed E-state index contributed by atoms with van der Waals surface area (Å²) in [5.41, 5.74) is 2.41. The van der Waals surface area contributed by atoms with Crippen LogP contribution in [0.2, 0.25) is 0 Å². The number of anilines is 1. The summed E-state index contributed by atoms with van der Waals surface area (Å²) in [6.45, 7) is 7.15. The van der Waals surface area contributed by atoms with Crippen LogP contribution in [0.1, 0.15) is 24.8 Å². The van der Waals surface area contributed by atoms with Crippen molar-refractivity contribution < 1.29 is 14.2 Å². The summed E-state index contributed by atoms with van der Waals surface area (Å²) in [4.78, 5) is 4.88. The van der Waals surface area contributed by atoms with Gasteiger partial charge in [-0.25, -0.2) is 0 Å². The predicted molar refractivity (Wildman–Crippen MR) is 96.6 cm³/mol. The molecule has 0 saturated carbocycles. The molecule has 0 N–H and O–H groups in total. The first-order chi connectivity index (χ1) is 11.8. The van der Waals surface area contributed by atoms with Gasteiger partial charge in [-0.15, -0.1) is 0 Å². The smallest absolute Gasteiger partial charge is 0.142 e. The highest BCUT2D eigenvalue weighted by molar-refractivity contribution is 5.64. The van der Waals surface area contributed by atoms with E-state index in [-0.39, 0.29) is 0 Å². The van der Waals surface area contributed by atoms with Gasteiger partial charge in [-0.1, -0.05) is 0 Å². The lowest BCUT2D eigenvalue weighted by molar-refractivity contribution is 0.0374. The Morgan fingerprint density at radius 3 is 2.33 bits per heavy atom. The van der Waals surface area contributed by atoms with Crippen molar-refractivity contribution in [3.05, 3.63) is 17.7 Å². The largest absolute Gasteiger partial charge is 0.496 e. The van der Waals surface area contributed by atoms with Crippen LogP contribution in [0.5, 0.6) is 11.5 Å². The molecule has 5 nitrogen and oxygen atoms in total. The standard InChI is InChI=1S/C19H30N2O3/c1-22-18-15-17(21-8-3-4-9-21)19(23-2)14-16(18)6-5-7-20-10-12-24-13-11-20/h14-15H,3-13H2,1-2H3. The molecule has 0 spiro atoms. The van der Waals surface area contributed by atoms with Gasteiger partial charge in [0.25, 0.3) is 0 Å². The monoisotopic (exact) mass is 334 g/mol. The normalized spacial score (nSPS) is 18.8. The summed E-state index contributed by atoms with van der Waals surface area (Å²) in [6.07, 6.45) is 4.65. The van der Waals surface area contributed by atoms with Gasteiger partial charge in [0.1, 0.15) is 11.5 Å². The van der Waals surface area contributed by atoms with Crippen LogP contribution in [0.3, 0.4) is 0 Å². The van der Waals surface area contributed by atoms with Crippen LogP contribution in [0.25, 0.3) is 0 Å². The van der Waals surface area contributed by atoms with Gasteiger partial charge < -0.3 is 19.1 Å². The molecular formula is C19H30N2O3. The topological polar surface area (TPSA) is 34.2 Å². The minimum atomic E-state index is 0.863. The first-order valence-electron chi connectivity index (χ1n) is 9.12. The van der Waals surface area contributed by atoms with Crippen LogP contribution in [0.4, 0.5) is 5.69 Å². The molecule has 0 unspecified atom stereocenters. The lowest BCUT2D eigenvalue weighted by Gasteiger charge is -2.26. The van der Waals surface area contributed by atoms with Crippen molar-refractivity contribution in [2.45, 2.75) is 25.7 Å². The molecule has 24 heavy (non-hydrogen) atoms. The van der Waals surface area contributed by atoms with Gasteiger partial charge in [-0.05, 0) is 43.9 Å². The van der Waals surface area contributed by atoms with Gasteiger partial charge in [0.15, 0.2) is 0 Å². The van der Waals surface area contributed by atoms with Gasteiger partial charge in [0, 0.05) is 32.2 Å². The molecule has 2 aliphatic rings. The lowest BCUT2D eigenvalue weighted by atomic mass is 10.1. The number of benzene rings is 1. The molecule has 3 rings (SSSR count). The SMILES string of the molecule is COc1cc(N2CCCC2)c(OC)cc1CCCN1CCOCC1. The predicted octanol–water partition coefficient (Wildman–Crippen LogP) is 2.57. The van der Waals surface area contributed by atoms with Crippen LogP contribution in [-0.2, 0) is 11.2 Å². The molecule has 0 atom stereocenters. The number of aryl methyl sites for hydroxylation is 1. The molecule has 5 heteroatoms. The second-order valence-corrected chi connectivity index (χ2v) is 6.59. The molecule has 134 valence electrons. The second-order valence-electron chi connectivity index (χ2n) is 6.59. The van der Waals surface area contributed by atoms with Gasteiger partial charge >= 0.3 is 0 Å². The molecule has 2 saturated heterocycles. The van der Waals surface area contributed by atoms with Crippen molar-refractivity contribution in [1.82, 2.24) is 4.90 Å². The Bertz CT molecular complexity index is 524. The Labute approximate surface area is 145 Å². The number of hydrogen-bond donors (Lipinski definition) is 0. The number of morpholine rings is 1. The number of methoxy groups -OCH3 is 2. The van der Waals surface area contributed by atoms with E-state index in [2.05, 4.69) is 21.9 Å². The lowest BCUT2D eigenvalue weighted by Crippen LogP contribution is -2.36. The molecule has 0 aromatic heterocycles. The quantitative estimate of drug-likeness (QED) is 0.766. The Morgan fingerprint density at radius 1 is 0.958 bits per heavy atom. The molecule has 2 aliphatic heterocycles. The Morgan fingerprint density at radius 2 is 1.67 bits per heavy atom. The number of rotatable bonds is 7. The summed E-state index contributed by atoms with van der Waals surface area (Å²) in [5.74, 6) is 1.96. The number of hydrogen-bond acceptors (Lipinski definition) is 5. The fraction of sp³-hybridized carbons (Fsp3) is 0.684. The van der Waals surface area contributed by atoms with Crippen LogP contribution in [0, 0.1) is 0 Å². The fourth-order valence-electron chi connectivity index (χ4n) is 3.66. The zero-order valence-corrected chi connectivity index (χ0v) is 15.1. The average molecular weight is 334 g/mol. The van der Waals surface area contributed by atoms with Crippen molar-refractivity contribution in [3.8, 4) is 11.5 Å². The molecule has 0 bridgehead atoms. The maximum absolute atomic E-state index is 5.67. The summed E-state index contributed by atoms with van der Waals surface area (Å²) in [7, 11) is 3.53. The van der Waals surface area contributed by atoms with Gasteiger partial charge in [-0.3, -0.25) is 4.90 Å². The Hall–Kier alpha value is -1.46. The van der Waals surface area contributed by atoms with Crippen LogP contribution >= 0.6 is 0 Å². The maximum Gasteiger partial charge on any atom is 0.142 e. The van der Waals surface area contributed by atoms with Crippen molar-refractivity contribution >= 4 is 5.69 Å². The van der Waals surface area contributed by atoms with E-state index in [1.807, 2.05) is 0 Å². The molecule has 1 aromatic rings. The highest BCUT2D eigenvalue weighted by Crippen LogP contribution is 2.37. The van der Waals surface area contributed by atoms with E-state index in [0.717, 1.165) is 70.3 Å². The number of nitrogens with zero attached hydrogens (tertiary/aromatic N) is 2. The fourth-order valence-corrected chi connectivity index (χ4v) is 3.66. The molecular weight excluding hydrogens is 304 g/mol. The van der Waals surface area contributed by atoms with Crippen LogP contribution < -0.4 is 14.4 Å². The van der Waals surface area contributed by atoms with E-state index in [1.54, 1.807) is 14.2 Å². The minimum Gasteiger partial charge on any atom is -0.496 e. The zero-order valence-electron chi connectivity index (χ0n) is 15.1. The third kappa shape index (κ3) is 4.14. The summed E-state index contributed by atoms with van der Waals surface area (Å²) in [5, 5.41) is 0. The average Bonchev–Trinajstić information content (AvgIpc) is 3.16. The Kier molecular flexibility index (Phi) is 6.21. The third-order valence-corrected chi connectivity index (χ3v) is 5.05. The van der Waals surface area contributed by atoms with Gasteiger partial charge in [0.05, 0.1) is 33.1 Å². The molecule has 2 fully saturated rings. The van der Waals surface area contributed by atoms with E-state index in [1.165, 1.54) is 24.1 Å². The first kappa shape index (κ1) is 17.4. The Balaban J connectivity index is 1.67. The number of ether oxygens (including phenoxy) is 3. The van der Waals surface area contributed by atoms with E-state index in [0.29, 0.717) is 0 Å². The van der Waals surface area contributed by atoms with Crippen molar-refractivity contribution in [2.75, 3.05) is 65.1 Å².